The quantitative estimate of drug-likeness (QED) is 0.653. The Morgan fingerprint density at radius 3 is 2.43 bits per heavy atom. The third kappa shape index (κ3) is 3.70. The lowest BCUT2D eigenvalue weighted by Gasteiger charge is -2.35. The zero-order chi connectivity index (χ0) is 21.3. The molecule has 1 saturated heterocycles. The summed E-state index contributed by atoms with van der Waals surface area (Å²) in [6.07, 6.45) is 3.40. The summed E-state index contributed by atoms with van der Waals surface area (Å²) in [5.74, 6) is 2.64. The zero-order valence-electron chi connectivity index (χ0n) is 17.7. The lowest BCUT2D eigenvalue weighted by molar-refractivity contribution is 0.0742. The molecule has 0 N–H and O–H groups in total. The smallest absolute Gasteiger partial charge is 0.259 e. The number of nitrogens with zero attached hydrogens (tertiary/aromatic N) is 7. The molecule has 0 aliphatic carbocycles. The summed E-state index contributed by atoms with van der Waals surface area (Å²) in [6, 6.07) is 5.47. The van der Waals surface area contributed by atoms with Crippen LogP contribution < -0.4 is 9.64 Å². The standard InChI is InChI=1S/C21H25N7O2/c1-14-15(2)28(13-23-14)19-12-18(24-16(3)25-19)26-8-10-27(11-9-26)21(29)17-6-5-7-22-20(17)30-4/h5-7,12-13H,8-11H2,1-4H3. The van der Waals surface area contributed by atoms with E-state index in [1.807, 2.05) is 36.3 Å². The monoisotopic (exact) mass is 407 g/mol. The van der Waals surface area contributed by atoms with Crippen LogP contribution in [0.15, 0.2) is 30.7 Å². The molecule has 3 aromatic rings. The molecular formula is C21H25N7O2. The largest absolute Gasteiger partial charge is 0.480 e. The van der Waals surface area contributed by atoms with Crippen LogP contribution in [0.1, 0.15) is 27.6 Å². The Kier molecular flexibility index (Phi) is 5.35. The number of carbonyl (C=O) groups is 1. The summed E-state index contributed by atoms with van der Waals surface area (Å²) >= 11 is 0. The van der Waals surface area contributed by atoms with Crippen molar-refractivity contribution in [2.45, 2.75) is 20.8 Å². The highest BCUT2D eigenvalue weighted by atomic mass is 16.5. The Balaban J connectivity index is 1.50. The normalized spacial score (nSPS) is 14.1. The number of hydrogen-bond donors (Lipinski definition) is 0. The number of anilines is 1. The van der Waals surface area contributed by atoms with Gasteiger partial charge in [0.1, 0.15) is 29.4 Å². The molecule has 3 aromatic heterocycles. The number of hydrogen-bond acceptors (Lipinski definition) is 7. The third-order valence-corrected chi connectivity index (χ3v) is 5.40. The molecule has 30 heavy (non-hydrogen) atoms. The number of ether oxygens (including phenoxy) is 1. The number of rotatable bonds is 4. The molecule has 0 unspecified atom stereocenters. The third-order valence-electron chi connectivity index (χ3n) is 5.40. The van der Waals surface area contributed by atoms with Gasteiger partial charge < -0.3 is 14.5 Å². The second-order valence-electron chi connectivity index (χ2n) is 7.26. The minimum atomic E-state index is -0.0660. The molecule has 0 bridgehead atoms. The summed E-state index contributed by atoms with van der Waals surface area (Å²) in [6.45, 7) is 8.46. The second-order valence-corrected chi connectivity index (χ2v) is 7.26. The Morgan fingerprint density at radius 2 is 1.77 bits per heavy atom. The van der Waals surface area contributed by atoms with Gasteiger partial charge in [0, 0.05) is 44.1 Å². The Hall–Kier alpha value is -3.49. The molecule has 0 spiro atoms. The van der Waals surface area contributed by atoms with Crippen molar-refractivity contribution in [3.05, 3.63) is 53.5 Å². The molecule has 0 atom stereocenters. The molecule has 9 nitrogen and oxygen atoms in total. The maximum absolute atomic E-state index is 12.9. The fraction of sp³-hybridized carbons (Fsp3) is 0.381. The van der Waals surface area contributed by atoms with Crippen LogP contribution in [0.3, 0.4) is 0 Å². The lowest BCUT2D eigenvalue weighted by atomic mass is 10.2. The fourth-order valence-electron chi connectivity index (χ4n) is 3.58. The van der Waals surface area contributed by atoms with Crippen LogP contribution in [0.5, 0.6) is 5.88 Å². The van der Waals surface area contributed by atoms with E-state index in [-0.39, 0.29) is 5.91 Å². The Bertz CT molecular complexity index is 1070. The van der Waals surface area contributed by atoms with E-state index in [1.165, 1.54) is 7.11 Å². The summed E-state index contributed by atoms with van der Waals surface area (Å²) < 4.78 is 7.21. The average Bonchev–Trinajstić information content (AvgIpc) is 3.11. The van der Waals surface area contributed by atoms with E-state index in [0.717, 1.165) is 23.0 Å². The van der Waals surface area contributed by atoms with Gasteiger partial charge in [0.15, 0.2) is 0 Å². The van der Waals surface area contributed by atoms with Gasteiger partial charge in [-0.25, -0.2) is 19.9 Å². The van der Waals surface area contributed by atoms with Crippen molar-refractivity contribution in [1.29, 1.82) is 0 Å². The van der Waals surface area contributed by atoms with Crippen molar-refractivity contribution in [3.63, 3.8) is 0 Å². The molecule has 1 aliphatic heterocycles. The van der Waals surface area contributed by atoms with Gasteiger partial charge >= 0.3 is 0 Å². The van der Waals surface area contributed by atoms with Gasteiger partial charge in [0.25, 0.3) is 5.91 Å². The van der Waals surface area contributed by atoms with Crippen molar-refractivity contribution in [1.82, 2.24) is 29.4 Å². The Labute approximate surface area is 175 Å². The van der Waals surface area contributed by atoms with Crippen LogP contribution in [0.4, 0.5) is 5.82 Å². The first-order chi connectivity index (χ1) is 14.5. The molecule has 9 heteroatoms. The molecular weight excluding hydrogens is 382 g/mol. The SMILES string of the molecule is COc1ncccc1C(=O)N1CCN(c2cc(-n3cnc(C)c3C)nc(C)n2)CC1. The average molecular weight is 407 g/mol. The summed E-state index contributed by atoms with van der Waals surface area (Å²) in [5.41, 5.74) is 2.52. The number of aryl methyl sites for hydroxylation is 2. The number of carbonyl (C=O) groups excluding carboxylic acids is 1. The molecule has 0 aromatic carbocycles. The van der Waals surface area contributed by atoms with Gasteiger partial charge in [-0.2, -0.15) is 0 Å². The zero-order valence-corrected chi connectivity index (χ0v) is 17.7. The van der Waals surface area contributed by atoms with Crippen LogP contribution in [0, 0.1) is 20.8 Å². The highest BCUT2D eigenvalue weighted by Gasteiger charge is 2.25. The van der Waals surface area contributed by atoms with E-state index in [4.69, 9.17) is 4.74 Å². The maximum atomic E-state index is 12.9. The Morgan fingerprint density at radius 1 is 1.03 bits per heavy atom. The first-order valence-electron chi connectivity index (χ1n) is 9.87. The summed E-state index contributed by atoms with van der Waals surface area (Å²) in [7, 11) is 1.52. The fourth-order valence-corrected chi connectivity index (χ4v) is 3.58. The molecule has 1 fully saturated rings. The maximum Gasteiger partial charge on any atom is 0.259 e. The summed E-state index contributed by atoms with van der Waals surface area (Å²) in [5, 5.41) is 0. The second kappa shape index (κ2) is 8.10. The van der Waals surface area contributed by atoms with Crippen LogP contribution in [0.25, 0.3) is 5.82 Å². The number of piperazine rings is 1. The van der Waals surface area contributed by atoms with E-state index < -0.39 is 0 Å². The summed E-state index contributed by atoms with van der Waals surface area (Å²) in [4.78, 5) is 34.6. The minimum absolute atomic E-state index is 0.0660. The topological polar surface area (TPSA) is 89.3 Å². The number of pyridine rings is 1. The van der Waals surface area contributed by atoms with Crippen LogP contribution in [0.2, 0.25) is 0 Å². The van der Waals surface area contributed by atoms with Crippen LogP contribution in [-0.2, 0) is 0 Å². The van der Waals surface area contributed by atoms with Crippen LogP contribution >= 0.6 is 0 Å². The van der Waals surface area contributed by atoms with E-state index >= 15 is 0 Å². The highest BCUT2D eigenvalue weighted by molar-refractivity contribution is 5.96. The first kappa shape index (κ1) is 19.8. The number of methoxy groups -OCH3 is 1. The predicted molar refractivity (Wildman–Crippen MR) is 112 cm³/mol. The van der Waals surface area contributed by atoms with Gasteiger partial charge in [0.05, 0.1) is 12.8 Å². The van der Waals surface area contributed by atoms with Crippen molar-refractivity contribution < 1.29 is 9.53 Å². The number of imidazole rings is 1. The highest BCUT2D eigenvalue weighted by Crippen LogP contribution is 2.21. The van der Waals surface area contributed by atoms with Crippen LogP contribution in [-0.4, -0.2) is 68.6 Å². The van der Waals surface area contributed by atoms with Crippen molar-refractivity contribution in [2.24, 2.45) is 0 Å². The van der Waals surface area contributed by atoms with Crippen molar-refractivity contribution in [2.75, 3.05) is 38.2 Å². The van der Waals surface area contributed by atoms with E-state index in [0.29, 0.717) is 43.4 Å². The molecule has 1 aliphatic rings. The van der Waals surface area contributed by atoms with Gasteiger partial charge in [-0.05, 0) is 32.9 Å². The number of amides is 1. The molecule has 0 saturated carbocycles. The van der Waals surface area contributed by atoms with Gasteiger partial charge in [0.2, 0.25) is 5.88 Å². The van der Waals surface area contributed by atoms with E-state index in [1.54, 1.807) is 24.7 Å². The molecule has 156 valence electrons. The van der Waals surface area contributed by atoms with Gasteiger partial charge in [-0.3, -0.25) is 9.36 Å². The molecule has 1 amide bonds. The molecule has 0 radical (unpaired) electrons. The first-order valence-corrected chi connectivity index (χ1v) is 9.87. The minimum Gasteiger partial charge on any atom is -0.480 e. The van der Waals surface area contributed by atoms with E-state index in [9.17, 15) is 4.79 Å². The predicted octanol–water partition coefficient (Wildman–Crippen LogP) is 1.95. The van der Waals surface area contributed by atoms with Crippen molar-refractivity contribution in [3.8, 4) is 11.7 Å². The number of aromatic nitrogens is 5. The molecule has 4 rings (SSSR count). The van der Waals surface area contributed by atoms with Gasteiger partial charge in [-0.15, -0.1) is 0 Å². The van der Waals surface area contributed by atoms with Crippen molar-refractivity contribution >= 4 is 11.7 Å². The van der Waals surface area contributed by atoms with E-state index in [2.05, 4.69) is 24.8 Å². The van der Waals surface area contributed by atoms with Gasteiger partial charge in [-0.1, -0.05) is 0 Å². The molecule has 4 heterocycles. The lowest BCUT2D eigenvalue weighted by Crippen LogP contribution is -2.49.